The first-order valence-corrected chi connectivity index (χ1v) is 10.1. The van der Waals surface area contributed by atoms with Gasteiger partial charge in [-0.2, -0.15) is 4.31 Å². The lowest BCUT2D eigenvalue weighted by Crippen LogP contribution is -2.43. The topological polar surface area (TPSA) is 49.4 Å². The Hall–Kier alpha value is -0.430. The van der Waals surface area contributed by atoms with Gasteiger partial charge in [-0.25, -0.2) is 8.42 Å². The van der Waals surface area contributed by atoms with Gasteiger partial charge in [-0.05, 0) is 44.6 Å². The van der Waals surface area contributed by atoms with Crippen LogP contribution in [0, 0.1) is 5.92 Å². The lowest BCUT2D eigenvalue weighted by molar-refractivity contribution is 0.220. The second kappa shape index (κ2) is 5.99. The summed E-state index contributed by atoms with van der Waals surface area (Å²) in [5.74, 6) is 0.618. The highest BCUT2D eigenvalue weighted by molar-refractivity contribution is 7.89. The average Bonchev–Trinajstić information content (AvgIpc) is 3.12. The monoisotopic (exact) mass is 328 g/mol. The molecule has 0 amide bonds. The fourth-order valence-corrected chi connectivity index (χ4v) is 5.87. The number of hydrogen-bond acceptors (Lipinski definition) is 4. The van der Waals surface area contributed by atoms with E-state index in [1.165, 1.54) is 12.8 Å². The summed E-state index contributed by atoms with van der Waals surface area (Å²) in [4.78, 5) is 1.58. The maximum absolute atomic E-state index is 12.8. The van der Waals surface area contributed by atoms with Crippen LogP contribution in [-0.2, 0) is 16.6 Å². The SMILES string of the molecule is CC1CCN(S(=O)(=O)c2csc(CNC3CC3)c2)C(C)C1. The van der Waals surface area contributed by atoms with Crippen molar-refractivity contribution in [1.29, 1.82) is 0 Å². The Morgan fingerprint density at radius 2 is 2.10 bits per heavy atom. The van der Waals surface area contributed by atoms with Gasteiger partial charge in [0.15, 0.2) is 0 Å². The minimum absolute atomic E-state index is 0.103. The van der Waals surface area contributed by atoms with E-state index in [-0.39, 0.29) is 6.04 Å². The molecule has 4 nitrogen and oxygen atoms in total. The van der Waals surface area contributed by atoms with E-state index < -0.39 is 10.0 Å². The molecule has 1 saturated carbocycles. The van der Waals surface area contributed by atoms with Gasteiger partial charge in [0.2, 0.25) is 10.0 Å². The van der Waals surface area contributed by atoms with Crippen molar-refractivity contribution in [2.45, 2.75) is 63.1 Å². The number of piperidine rings is 1. The second-order valence-electron chi connectivity index (χ2n) is 6.50. The Morgan fingerprint density at radius 1 is 1.33 bits per heavy atom. The fraction of sp³-hybridized carbons (Fsp3) is 0.733. The van der Waals surface area contributed by atoms with Crippen molar-refractivity contribution in [3.63, 3.8) is 0 Å². The van der Waals surface area contributed by atoms with E-state index in [1.54, 1.807) is 21.0 Å². The molecule has 0 radical (unpaired) electrons. The molecule has 1 N–H and O–H groups in total. The minimum Gasteiger partial charge on any atom is -0.309 e. The van der Waals surface area contributed by atoms with E-state index in [1.807, 2.05) is 13.0 Å². The first-order chi connectivity index (χ1) is 9.96. The molecule has 6 heteroatoms. The van der Waals surface area contributed by atoms with Crippen molar-refractivity contribution in [1.82, 2.24) is 9.62 Å². The molecule has 1 aromatic heterocycles. The molecular weight excluding hydrogens is 304 g/mol. The molecule has 1 saturated heterocycles. The van der Waals surface area contributed by atoms with E-state index >= 15 is 0 Å². The predicted molar refractivity (Wildman–Crippen MR) is 85.9 cm³/mol. The van der Waals surface area contributed by atoms with Gasteiger partial charge in [0.1, 0.15) is 0 Å². The van der Waals surface area contributed by atoms with Crippen LogP contribution in [0.1, 0.15) is 44.4 Å². The number of sulfonamides is 1. The predicted octanol–water partition coefficient (Wildman–Crippen LogP) is 2.81. The highest BCUT2D eigenvalue weighted by Crippen LogP contribution is 2.30. The van der Waals surface area contributed by atoms with Crippen LogP contribution in [-0.4, -0.2) is 31.4 Å². The zero-order valence-electron chi connectivity index (χ0n) is 12.7. The fourth-order valence-electron chi connectivity index (χ4n) is 3.00. The number of thiophene rings is 1. The van der Waals surface area contributed by atoms with Gasteiger partial charge in [0.25, 0.3) is 0 Å². The summed E-state index contributed by atoms with van der Waals surface area (Å²) in [7, 11) is -3.32. The number of nitrogens with zero attached hydrogens (tertiary/aromatic N) is 1. The minimum atomic E-state index is -3.32. The molecule has 2 fully saturated rings. The molecule has 2 atom stereocenters. The lowest BCUT2D eigenvalue weighted by atomic mass is 9.95. The van der Waals surface area contributed by atoms with Crippen molar-refractivity contribution in [2.75, 3.05) is 6.54 Å². The largest absolute Gasteiger partial charge is 0.309 e. The molecular formula is C15H24N2O2S2. The maximum atomic E-state index is 12.8. The van der Waals surface area contributed by atoms with E-state index in [0.717, 1.165) is 24.3 Å². The molecule has 0 aromatic carbocycles. The molecule has 21 heavy (non-hydrogen) atoms. The first-order valence-electron chi connectivity index (χ1n) is 7.79. The van der Waals surface area contributed by atoms with Crippen LogP contribution in [0.2, 0.25) is 0 Å². The third-order valence-corrected chi connectivity index (χ3v) is 7.53. The van der Waals surface area contributed by atoms with Crippen molar-refractivity contribution in [2.24, 2.45) is 5.92 Å². The van der Waals surface area contributed by atoms with Gasteiger partial charge in [0, 0.05) is 35.4 Å². The maximum Gasteiger partial charge on any atom is 0.244 e. The van der Waals surface area contributed by atoms with Gasteiger partial charge in [-0.15, -0.1) is 11.3 Å². The molecule has 118 valence electrons. The highest BCUT2D eigenvalue weighted by atomic mass is 32.2. The first kappa shape index (κ1) is 15.5. The van der Waals surface area contributed by atoms with Gasteiger partial charge in [-0.3, -0.25) is 0 Å². The van der Waals surface area contributed by atoms with Crippen molar-refractivity contribution < 1.29 is 8.42 Å². The van der Waals surface area contributed by atoms with Crippen molar-refractivity contribution >= 4 is 21.4 Å². The van der Waals surface area contributed by atoms with E-state index in [0.29, 0.717) is 23.4 Å². The summed E-state index contributed by atoms with van der Waals surface area (Å²) in [5.41, 5.74) is 0. The lowest BCUT2D eigenvalue weighted by Gasteiger charge is -2.35. The molecule has 2 aliphatic rings. The quantitative estimate of drug-likeness (QED) is 0.904. The molecule has 1 aromatic rings. The number of rotatable bonds is 5. The van der Waals surface area contributed by atoms with Crippen molar-refractivity contribution in [3.8, 4) is 0 Å². The van der Waals surface area contributed by atoms with Crippen LogP contribution >= 0.6 is 11.3 Å². The molecule has 2 heterocycles. The van der Waals surface area contributed by atoms with Crippen LogP contribution in [0.25, 0.3) is 0 Å². The number of hydrogen-bond donors (Lipinski definition) is 1. The van der Waals surface area contributed by atoms with Gasteiger partial charge in [-0.1, -0.05) is 6.92 Å². The van der Waals surface area contributed by atoms with E-state index in [9.17, 15) is 8.42 Å². The summed E-state index contributed by atoms with van der Waals surface area (Å²) in [6.07, 6.45) is 4.42. The van der Waals surface area contributed by atoms with Crippen molar-refractivity contribution in [3.05, 3.63) is 16.3 Å². The second-order valence-corrected chi connectivity index (χ2v) is 9.38. The Bertz CT molecular complexity index is 593. The van der Waals surface area contributed by atoms with Crippen LogP contribution in [0.3, 0.4) is 0 Å². The Balaban J connectivity index is 1.71. The summed E-state index contributed by atoms with van der Waals surface area (Å²) < 4.78 is 27.2. The van der Waals surface area contributed by atoms with Crippen LogP contribution < -0.4 is 5.32 Å². The average molecular weight is 329 g/mol. The van der Waals surface area contributed by atoms with Gasteiger partial charge in [0.05, 0.1) is 4.90 Å². The Kier molecular flexibility index (Phi) is 4.41. The highest BCUT2D eigenvalue weighted by Gasteiger charge is 2.33. The zero-order chi connectivity index (χ0) is 15.0. The Labute approximate surface area is 131 Å². The van der Waals surface area contributed by atoms with Gasteiger partial charge < -0.3 is 5.32 Å². The smallest absolute Gasteiger partial charge is 0.244 e. The molecule has 1 aliphatic carbocycles. The number of nitrogens with one attached hydrogen (secondary N) is 1. The normalized spacial score (nSPS) is 27.9. The summed E-state index contributed by atoms with van der Waals surface area (Å²) >= 11 is 1.54. The van der Waals surface area contributed by atoms with Crippen LogP contribution in [0.15, 0.2) is 16.3 Å². The third kappa shape index (κ3) is 3.50. The molecule has 0 spiro atoms. The van der Waals surface area contributed by atoms with E-state index in [4.69, 9.17) is 0 Å². The summed E-state index contributed by atoms with van der Waals surface area (Å²) in [6.45, 7) is 5.66. The summed E-state index contributed by atoms with van der Waals surface area (Å²) in [6, 6.07) is 2.60. The zero-order valence-corrected chi connectivity index (χ0v) is 14.3. The molecule has 0 bridgehead atoms. The molecule has 1 aliphatic heterocycles. The Morgan fingerprint density at radius 3 is 2.76 bits per heavy atom. The standard InChI is InChI=1S/C15H24N2O2S2/c1-11-5-6-17(12(2)7-11)21(18,19)15-8-14(20-10-15)9-16-13-3-4-13/h8,10-13,16H,3-7,9H2,1-2H3. The summed E-state index contributed by atoms with van der Waals surface area (Å²) in [5, 5.41) is 5.23. The van der Waals surface area contributed by atoms with Crippen LogP contribution in [0.5, 0.6) is 0 Å². The third-order valence-electron chi connectivity index (χ3n) is 4.46. The molecule has 3 rings (SSSR count). The molecule has 2 unspecified atom stereocenters. The van der Waals surface area contributed by atoms with E-state index in [2.05, 4.69) is 12.2 Å². The van der Waals surface area contributed by atoms with Crippen LogP contribution in [0.4, 0.5) is 0 Å². The van der Waals surface area contributed by atoms with Gasteiger partial charge >= 0.3 is 0 Å².